The summed E-state index contributed by atoms with van der Waals surface area (Å²) in [6.07, 6.45) is 0.706. The minimum atomic E-state index is -0.567. The van der Waals surface area contributed by atoms with Gasteiger partial charge in [-0.25, -0.2) is 4.39 Å². The zero-order valence-corrected chi connectivity index (χ0v) is 14.3. The van der Waals surface area contributed by atoms with Gasteiger partial charge >= 0.3 is 0 Å². The van der Waals surface area contributed by atoms with E-state index in [-0.39, 0.29) is 0 Å². The molecular formula is C20H24FN3O. The van der Waals surface area contributed by atoms with E-state index in [2.05, 4.69) is 34.1 Å². The number of hydrogen-bond acceptors (Lipinski definition) is 3. The number of piperazine rings is 1. The highest BCUT2D eigenvalue weighted by atomic mass is 19.1. The molecule has 4 nitrogen and oxygen atoms in total. The maximum absolute atomic E-state index is 13.3. The van der Waals surface area contributed by atoms with Gasteiger partial charge in [0.2, 0.25) is 5.91 Å². The molecule has 2 N–H and O–H groups in total. The molecule has 1 aliphatic heterocycles. The van der Waals surface area contributed by atoms with Crippen molar-refractivity contribution in [3.8, 4) is 0 Å². The largest absolute Gasteiger partial charge is 0.366 e. The Balaban J connectivity index is 1.49. The predicted molar refractivity (Wildman–Crippen MR) is 96.8 cm³/mol. The van der Waals surface area contributed by atoms with Crippen molar-refractivity contribution in [2.45, 2.75) is 13.0 Å². The van der Waals surface area contributed by atoms with Crippen LogP contribution in [-0.4, -0.2) is 48.4 Å². The second kappa shape index (κ2) is 8.23. The summed E-state index contributed by atoms with van der Waals surface area (Å²) in [6.45, 7) is 5.89. The average Bonchev–Trinajstić information content (AvgIpc) is 2.62. The highest BCUT2D eigenvalue weighted by molar-refractivity contribution is 5.94. The van der Waals surface area contributed by atoms with Crippen LogP contribution < -0.4 is 5.73 Å². The number of halogens is 1. The van der Waals surface area contributed by atoms with E-state index in [4.69, 9.17) is 5.73 Å². The smallest absolute Gasteiger partial charge is 0.249 e. The molecule has 132 valence electrons. The molecule has 0 radical (unpaired) electrons. The van der Waals surface area contributed by atoms with Crippen LogP contribution in [0.2, 0.25) is 0 Å². The molecule has 3 rings (SSSR count). The average molecular weight is 341 g/mol. The molecule has 0 bridgehead atoms. The normalized spacial score (nSPS) is 16.0. The van der Waals surface area contributed by atoms with Gasteiger partial charge in [0.25, 0.3) is 0 Å². The lowest BCUT2D eigenvalue weighted by molar-refractivity contribution is 0.0998. The Morgan fingerprint density at radius 3 is 2.36 bits per heavy atom. The van der Waals surface area contributed by atoms with Gasteiger partial charge in [-0.15, -0.1) is 0 Å². The zero-order chi connectivity index (χ0) is 17.6. The first kappa shape index (κ1) is 17.6. The fraction of sp³-hybridized carbons (Fsp3) is 0.350. The first-order valence-corrected chi connectivity index (χ1v) is 8.68. The molecule has 2 aromatic carbocycles. The van der Waals surface area contributed by atoms with Crippen LogP contribution in [0.5, 0.6) is 0 Å². The van der Waals surface area contributed by atoms with Crippen LogP contribution in [0, 0.1) is 5.82 Å². The van der Waals surface area contributed by atoms with Crippen molar-refractivity contribution in [2.75, 3.05) is 32.7 Å². The van der Waals surface area contributed by atoms with Gasteiger partial charge in [0.05, 0.1) is 0 Å². The molecule has 1 saturated heterocycles. The standard InChI is InChI=1S/C20H24FN3O/c21-18-7-6-17(19(14-18)20(22)25)8-9-23-10-12-24(13-11-23)15-16-4-2-1-3-5-16/h1-7,14H,8-13,15H2,(H2,22,25). The van der Waals surface area contributed by atoms with Crippen molar-refractivity contribution >= 4 is 5.91 Å². The van der Waals surface area contributed by atoms with Crippen LogP contribution in [0.25, 0.3) is 0 Å². The first-order chi connectivity index (χ1) is 12.1. The Hall–Kier alpha value is -2.24. The van der Waals surface area contributed by atoms with Crippen molar-refractivity contribution in [3.63, 3.8) is 0 Å². The number of nitrogens with zero attached hydrogens (tertiary/aromatic N) is 2. The molecule has 0 aromatic heterocycles. The number of carbonyl (C=O) groups excluding carboxylic acids is 1. The van der Waals surface area contributed by atoms with Gasteiger partial charge in [0, 0.05) is 44.8 Å². The van der Waals surface area contributed by atoms with Crippen molar-refractivity contribution in [1.29, 1.82) is 0 Å². The Morgan fingerprint density at radius 2 is 1.68 bits per heavy atom. The van der Waals surface area contributed by atoms with E-state index in [0.29, 0.717) is 12.0 Å². The van der Waals surface area contributed by atoms with Crippen LogP contribution >= 0.6 is 0 Å². The Bertz CT molecular complexity index is 712. The first-order valence-electron chi connectivity index (χ1n) is 8.68. The number of carbonyl (C=O) groups is 1. The van der Waals surface area contributed by atoms with E-state index < -0.39 is 11.7 Å². The molecule has 1 amide bonds. The van der Waals surface area contributed by atoms with Gasteiger partial charge in [-0.3, -0.25) is 9.69 Å². The molecule has 0 unspecified atom stereocenters. The summed E-state index contributed by atoms with van der Waals surface area (Å²) in [4.78, 5) is 16.3. The maximum Gasteiger partial charge on any atom is 0.249 e. The Kier molecular flexibility index (Phi) is 5.79. The van der Waals surface area contributed by atoms with Gasteiger partial charge < -0.3 is 10.6 Å². The van der Waals surface area contributed by atoms with Crippen LogP contribution in [0.3, 0.4) is 0 Å². The fourth-order valence-corrected chi connectivity index (χ4v) is 3.29. The summed E-state index contributed by atoms with van der Waals surface area (Å²) < 4.78 is 13.3. The van der Waals surface area contributed by atoms with Crippen molar-refractivity contribution in [2.24, 2.45) is 5.73 Å². The fourth-order valence-electron chi connectivity index (χ4n) is 3.29. The number of amides is 1. The molecule has 0 atom stereocenters. The van der Waals surface area contributed by atoms with Crippen LogP contribution in [0.1, 0.15) is 21.5 Å². The summed E-state index contributed by atoms with van der Waals surface area (Å²) >= 11 is 0. The lowest BCUT2D eigenvalue weighted by Crippen LogP contribution is -2.46. The van der Waals surface area contributed by atoms with Crippen LogP contribution in [0.4, 0.5) is 4.39 Å². The monoisotopic (exact) mass is 341 g/mol. The second-order valence-electron chi connectivity index (χ2n) is 6.52. The summed E-state index contributed by atoms with van der Waals surface area (Å²) in [6, 6.07) is 14.8. The van der Waals surface area contributed by atoms with Crippen LogP contribution in [-0.2, 0) is 13.0 Å². The number of primary amides is 1. The highest BCUT2D eigenvalue weighted by Crippen LogP contribution is 2.14. The predicted octanol–water partition coefficient (Wildman–Crippen LogP) is 2.28. The van der Waals surface area contributed by atoms with E-state index >= 15 is 0 Å². The van der Waals surface area contributed by atoms with Gasteiger partial charge in [-0.1, -0.05) is 36.4 Å². The third kappa shape index (κ3) is 4.87. The number of hydrogen-bond donors (Lipinski definition) is 1. The minimum absolute atomic E-state index is 0.294. The quantitative estimate of drug-likeness (QED) is 0.877. The van der Waals surface area contributed by atoms with Crippen molar-refractivity contribution < 1.29 is 9.18 Å². The van der Waals surface area contributed by atoms with Gasteiger partial charge in [-0.2, -0.15) is 0 Å². The second-order valence-corrected chi connectivity index (χ2v) is 6.52. The third-order valence-corrected chi connectivity index (χ3v) is 4.75. The topological polar surface area (TPSA) is 49.6 Å². The molecule has 1 fully saturated rings. The summed E-state index contributed by atoms with van der Waals surface area (Å²) in [5, 5.41) is 0. The lowest BCUT2D eigenvalue weighted by Gasteiger charge is -2.34. The molecule has 0 saturated carbocycles. The Labute approximate surface area is 148 Å². The highest BCUT2D eigenvalue weighted by Gasteiger charge is 2.17. The molecule has 2 aromatic rings. The molecule has 1 aliphatic rings. The van der Waals surface area contributed by atoms with E-state index in [0.717, 1.165) is 44.8 Å². The maximum atomic E-state index is 13.3. The number of benzene rings is 2. The molecule has 5 heteroatoms. The summed E-state index contributed by atoms with van der Waals surface area (Å²) in [7, 11) is 0. The van der Waals surface area contributed by atoms with Crippen LogP contribution in [0.15, 0.2) is 48.5 Å². The van der Waals surface area contributed by atoms with E-state index in [1.165, 1.54) is 17.7 Å². The summed E-state index contributed by atoms with van der Waals surface area (Å²) in [5.74, 6) is -0.991. The SMILES string of the molecule is NC(=O)c1cc(F)ccc1CCN1CCN(Cc2ccccc2)CC1. The Morgan fingerprint density at radius 1 is 1.00 bits per heavy atom. The van der Waals surface area contributed by atoms with Crippen molar-refractivity contribution in [1.82, 2.24) is 9.80 Å². The minimum Gasteiger partial charge on any atom is -0.366 e. The lowest BCUT2D eigenvalue weighted by atomic mass is 10.0. The van der Waals surface area contributed by atoms with Gasteiger partial charge in [0.1, 0.15) is 5.82 Å². The van der Waals surface area contributed by atoms with Gasteiger partial charge in [0.15, 0.2) is 0 Å². The van der Waals surface area contributed by atoms with E-state index in [9.17, 15) is 9.18 Å². The molecular weight excluding hydrogens is 317 g/mol. The van der Waals surface area contributed by atoms with E-state index in [1.807, 2.05) is 6.07 Å². The number of nitrogens with two attached hydrogens (primary N) is 1. The number of rotatable bonds is 6. The summed E-state index contributed by atoms with van der Waals surface area (Å²) in [5.41, 5.74) is 7.81. The molecule has 0 spiro atoms. The molecule has 0 aliphatic carbocycles. The van der Waals surface area contributed by atoms with E-state index in [1.54, 1.807) is 6.07 Å². The molecule has 25 heavy (non-hydrogen) atoms. The zero-order valence-electron chi connectivity index (χ0n) is 14.3. The van der Waals surface area contributed by atoms with Crippen molar-refractivity contribution in [3.05, 3.63) is 71.0 Å². The molecule has 1 heterocycles. The van der Waals surface area contributed by atoms with Gasteiger partial charge in [-0.05, 0) is 29.7 Å². The third-order valence-electron chi connectivity index (χ3n) is 4.75.